The third-order valence-corrected chi connectivity index (χ3v) is 9.10. The predicted molar refractivity (Wildman–Crippen MR) is 178 cm³/mol. The standard InChI is InChI=1S/C31H28BrCl3N4O4S/c1-16(2)43-29(40)26-17(3)36-30-37-31(44-15-19-7-5-6-8-23(19)34)38-39(30)27(26)20-11-22(32)28(25(12-20)41-4)42-14-18-9-10-21(33)13-24(18)35/h5-13,16,27H,14-15H2,1-4H3,(H,36,37,38). The van der Waals surface area contributed by atoms with Gasteiger partial charge in [0.1, 0.15) is 12.6 Å². The Kier molecular flexibility index (Phi) is 10.4. The van der Waals surface area contributed by atoms with Crippen molar-refractivity contribution in [1.29, 1.82) is 0 Å². The average Bonchev–Trinajstić information content (AvgIpc) is 3.37. The molecule has 1 unspecified atom stereocenters. The molecule has 2 heterocycles. The molecule has 0 bridgehead atoms. The largest absolute Gasteiger partial charge is 0.493 e. The molecule has 1 aromatic heterocycles. The number of methoxy groups -OCH3 is 1. The fourth-order valence-electron chi connectivity index (χ4n) is 4.63. The van der Waals surface area contributed by atoms with Crippen LogP contribution >= 0.6 is 62.5 Å². The van der Waals surface area contributed by atoms with Gasteiger partial charge in [-0.15, -0.1) is 5.10 Å². The lowest BCUT2D eigenvalue weighted by Gasteiger charge is -2.29. The molecule has 1 aliphatic rings. The number of hydrogen-bond donors (Lipinski definition) is 1. The van der Waals surface area contributed by atoms with E-state index >= 15 is 0 Å². The molecule has 0 aliphatic carbocycles. The molecule has 0 saturated carbocycles. The molecule has 13 heteroatoms. The van der Waals surface area contributed by atoms with Crippen molar-refractivity contribution in [3.63, 3.8) is 0 Å². The van der Waals surface area contributed by atoms with E-state index < -0.39 is 12.0 Å². The molecule has 44 heavy (non-hydrogen) atoms. The van der Waals surface area contributed by atoms with Gasteiger partial charge in [0.05, 0.1) is 23.3 Å². The molecular formula is C31H28BrCl3N4O4S. The highest BCUT2D eigenvalue weighted by Gasteiger charge is 2.36. The van der Waals surface area contributed by atoms with Gasteiger partial charge in [-0.25, -0.2) is 9.48 Å². The highest BCUT2D eigenvalue weighted by Crippen LogP contribution is 2.44. The van der Waals surface area contributed by atoms with E-state index in [2.05, 4.69) is 21.2 Å². The molecule has 0 fully saturated rings. The molecule has 230 valence electrons. The van der Waals surface area contributed by atoms with Gasteiger partial charge in [-0.3, -0.25) is 0 Å². The van der Waals surface area contributed by atoms with Crippen LogP contribution in [0, 0.1) is 0 Å². The first-order valence-electron chi connectivity index (χ1n) is 13.5. The summed E-state index contributed by atoms with van der Waals surface area (Å²) in [7, 11) is 1.55. The molecule has 8 nitrogen and oxygen atoms in total. The highest BCUT2D eigenvalue weighted by molar-refractivity contribution is 9.10. The number of rotatable bonds is 10. The number of carbonyl (C=O) groups excluding carboxylic acids is 1. The third-order valence-electron chi connectivity index (χ3n) is 6.67. The number of aromatic nitrogens is 3. The maximum Gasteiger partial charge on any atom is 0.338 e. The summed E-state index contributed by atoms with van der Waals surface area (Å²) in [6.07, 6.45) is -0.320. The Hall–Kier alpha value is -2.89. The highest BCUT2D eigenvalue weighted by atomic mass is 79.9. The lowest BCUT2D eigenvalue weighted by molar-refractivity contribution is -0.143. The first kappa shape index (κ1) is 32.5. The van der Waals surface area contributed by atoms with Crippen LogP contribution in [0.4, 0.5) is 5.95 Å². The van der Waals surface area contributed by atoms with Crippen LogP contribution in [0.2, 0.25) is 15.1 Å². The van der Waals surface area contributed by atoms with Gasteiger partial charge in [0.25, 0.3) is 0 Å². The van der Waals surface area contributed by atoms with Crippen molar-refractivity contribution in [2.24, 2.45) is 0 Å². The molecule has 0 saturated heterocycles. The van der Waals surface area contributed by atoms with Crippen LogP contribution in [0.25, 0.3) is 0 Å². The van der Waals surface area contributed by atoms with Crippen molar-refractivity contribution in [1.82, 2.24) is 14.8 Å². The molecule has 0 amide bonds. The van der Waals surface area contributed by atoms with Crippen molar-refractivity contribution in [3.8, 4) is 11.5 Å². The van der Waals surface area contributed by atoms with E-state index in [4.69, 9.17) is 59.1 Å². The maximum absolute atomic E-state index is 13.5. The number of carbonyl (C=O) groups is 1. The van der Waals surface area contributed by atoms with Crippen LogP contribution in [0.15, 0.2) is 75.5 Å². The zero-order valence-corrected chi connectivity index (χ0v) is 28.8. The first-order valence-corrected chi connectivity index (χ1v) is 16.4. The SMILES string of the molecule is COc1cc(C2C(C(=O)OC(C)C)=C(C)Nc3nc(SCc4ccccc4Cl)nn32)cc(Br)c1OCc1ccc(Cl)cc1Cl. The smallest absolute Gasteiger partial charge is 0.338 e. The van der Waals surface area contributed by atoms with Crippen molar-refractivity contribution < 1.29 is 19.0 Å². The lowest BCUT2D eigenvalue weighted by Crippen LogP contribution is -2.30. The number of thioether (sulfide) groups is 1. The average molecular weight is 739 g/mol. The van der Waals surface area contributed by atoms with Crippen LogP contribution in [0.1, 0.15) is 43.5 Å². The van der Waals surface area contributed by atoms with Crippen molar-refractivity contribution in [3.05, 3.63) is 102 Å². The summed E-state index contributed by atoms with van der Waals surface area (Å²) in [6.45, 7) is 5.62. The summed E-state index contributed by atoms with van der Waals surface area (Å²) in [5, 5.41) is 10.3. The fourth-order valence-corrected chi connectivity index (χ4v) is 6.78. The van der Waals surface area contributed by atoms with E-state index in [1.54, 1.807) is 23.9 Å². The van der Waals surface area contributed by atoms with Gasteiger partial charge in [-0.2, -0.15) is 4.98 Å². The summed E-state index contributed by atoms with van der Waals surface area (Å²) >= 11 is 23.9. The summed E-state index contributed by atoms with van der Waals surface area (Å²) in [5.41, 5.74) is 3.44. The number of nitrogens with zero attached hydrogens (tertiary/aromatic N) is 3. The van der Waals surface area contributed by atoms with E-state index in [0.29, 0.717) is 64.7 Å². The summed E-state index contributed by atoms with van der Waals surface area (Å²) in [4.78, 5) is 18.2. The molecule has 1 atom stereocenters. The Labute approximate surface area is 283 Å². The van der Waals surface area contributed by atoms with E-state index in [-0.39, 0.29) is 12.7 Å². The number of hydrogen-bond acceptors (Lipinski definition) is 8. The van der Waals surface area contributed by atoms with Crippen LogP contribution in [0.3, 0.4) is 0 Å². The van der Waals surface area contributed by atoms with E-state index in [1.165, 1.54) is 11.8 Å². The molecule has 4 aromatic rings. The van der Waals surface area contributed by atoms with Crippen molar-refractivity contribution in [2.75, 3.05) is 12.4 Å². The maximum atomic E-state index is 13.5. The lowest BCUT2D eigenvalue weighted by atomic mass is 9.95. The summed E-state index contributed by atoms with van der Waals surface area (Å²) in [5.74, 6) is 1.52. The monoisotopic (exact) mass is 736 g/mol. The number of fused-ring (bicyclic) bond motifs is 1. The van der Waals surface area contributed by atoms with Crippen LogP contribution < -0.4 is 14.8 Å². The zero-order valence-electron chi connectivity index (χ0n) is 24.2. The molecule has 1 aliphatic heterocycles. The van der Waals surface area contributed by atoms with E-state index in [1.807, 2.05) is 63.2 Å². The second kappa shape index (κ2) is 14.0. The van der Waals surface area contributed by atoms with Gasteiger partial charge in [0.2, 0.25) is 11.1 Å². The number of halogens is 4. The van der Waals surface area contributed by atoms with Gasteiger partial charge in [-0.05, 0) is 78.2 Å². The molecule has 3 aromatic carbocycles. The predicted octanol–water partition coefficient (Wildman–Crippen LogP) is 9.12. The number of esters is 1. The number of anilines is 1. The van der Waals surface area contributed by atoms with E-state index in [0.717, 1.165) is 11.1 Å². The Morgan fingerprint density at radius 3 is 2.57 bits per heavy atom. The zero-order chi connectivity index (χ0) is 31.5. The molecule has 0 radical (unpaired) electrons. The second-order valence-electron chi connectivity index (χ2n) is 10.1. The van der Waals surface area contributed by atoms with Crippen LogP contribution in [-0.2, 0) is 21.9 Å². The van der Waals surface area contributed by atoms with E-state index in [9.17, 15) is 4.79 Å². The van der Waals surface area contributed by atoms with Crippen molar-refractivity contribution >= 4 is 74.4 Å². The first-order chi connectivity index (χ1) is 21.0. The van der Waals surface area contributed by atoms with Crippen molar-refractivity contribution in [2.45, 2.75) is 50.4 Å². The normalized spacial score (nSPS) is 14.3. The Morgan fingerprint density at radius 1 is 1.09 bits per heavy atom. The Morgan fingerprint density at radius 2 is 1.86 bits per heavy atom. The van der Waals surface area contributed by atoms with Gasteiger partial charge < -0.3 is 19.5 Å². The minimum atomic E-state index is -0.676. The van der Waals surface area contributed by atoms with Crippen LogP contribution in [-0.4, -0.2) is 33.9 Å². The molecule has 0 spiro atoms. The molecule has 5 rings (SSSR count). The molecular weight excluding hydrogens is 711 g/mol. The van der Waals surface area contributed by atoms with Gasteiger partial charge in [-0.1, -0.05) is 70.8 Å². The Balaban J connectivity index is 1.52. The quantitative estimate of drug-likeness (QED) is 0.127. The number of nitrogens with one attached hydrogen (secondary N) is 1. The topological polar surface area (TPSA) is 87.5 Å². The summed E-state index contributed by atoms with van der Waals surface area (Å²) < 4.78 is 19.9. The van der Waals surface area contributed by atoms with Gasteiger partial charge in [0, 0.05) is 32.1 Å². The summed E-state index contributed by atoms with van der Waals surface area (Å²) in [6, 6.07) is 15.9. The van der Waals surface area contributed by atoms with Gasteiger partial charge >= 0.3 is 5.97 Å². The number of benzene rings is 3. The second-order valence-corrected chi connectivity index (χ2v) is 13.2. The minimum absolute atomic E-state index is 0.182. The van der Waals surface area contributed by atoms with Gasteiger partial charge in [0.15, 0.2) is 11.5 Å². The Bertz CT molecular complexity index is 1750. The fraction of sp³-hybridized carbons (Fsp3) is 0.258. The number of allylic oxidation sites excluding steroid dienone is 1. The third kappa shape index (κ3) is 7.15. The van der Waals surface area contributed by atoms with Crippen LogP contribution in [0.5, 0.6) is 11.5 Å². The molecule has 1 N–H and O–H groups in total. The number of ether oxygens (including phenoxy) is 3. The minimum Gasteiger partial charge on any atom is -0.493 e.